The van der Waals surface area contributed by atoms with Crippen molar-refractivity contribution in [3.8, 4) is 22.8 Å². The van der Waals surface area contributed by atoms with E-state index in [1.165, 1.54) is 10.6 Å². The van der Waals surface area contributed by atoms with E-state index in [1.807, 2.05) is 0 Å². The van der Waals surface area contributed by atoms with Crippen LogP contribution in [0, 0.1) is 11.6 Å². The zero-order chi connectivity index (χ0) is 19.2. The van der Waals surface area contributed by atoms with E-state index in [-0.39, 0.29) is 10.1 Å². The van der Waals surface area contributed by atoms with Gasteiger partial charge >= 0.3 is 0 Å². The molecule has 0 amide bonds. The number of hydrogen-bond acceptors (Lipinski definition) is 6. The minimum atomic E-state index is -3.91. The second-order valence-corrected chi connectivity index (χ2v) is 8.14. The molecule has 0 spiro atoms. The quantitative estimate of drug-likeness (QED) is 0.559. The van der Waals surface area contributed by atoms with E-state index in [2.05, 4.69) is 10.1 Å². The number of nitrogens with two attached hydrogens (primary N) is 1. The molecule has 138 valence electrons. The molecule has 0 atom stereocenters. The Hall–Kier alpha value is -2.89. The SMILES string of the molecule is NS(=O)(=O)c1nn2c(-c3ccc(Oc4ccc(F)c(F)c4)cc3)cnc2s1. The third-order valence-electron chi connectivity index (χ3n) is 3.59. The molecule has 0 bridgehead atoms. The monoisotopic (exact) mass is 408 g/mol. The molecule has 2 aromatic heterocycles. The Morgan fingerprint density at radius 3 is 2.41 bits per heavy atom. The highest BCUT2D eigenvalue weighted by molar-refractivity contribution is 7.91. The summed E-state index contributed by atoms with van der Waals surface area (Å²) in [6.45, 7) is 0. The number of imidazole rings is 1. The van der Waals surface area contributed by atoms with Crippen molar-refractivity contribution in [3.63, 3.8) is 0 Å². The fourth-order valence-corrected chi connectivity index (χ4v) is 3.85. The lowest BCUT2D eigenvalue weighted by molar-refractivity contribution is 0.461. The van der Waals surface area contributed by atoms with Gasteiger partial charge in [-0.1, -0.05) is 11.3 Å². The van der Waals surface area contributed by atoms with Crippen LogP contribution in [0.5, 0.6) is 11.5 Å². The Bertz CT molecular complexity index is 1250. The van der Waals surface area contributed by atoms with Gasteiger partial charge in [-0.15, -0.1) is 5.10 Å². The van der Waals surface area contributed by atoms with E-state index in [0.29, 0.717) is 22.0 Å². The molecule has 0 aliphatic heterocycles. The second kappa shape index (κ2) is 6.37. The van der Waals surface area contributed by atoms with Crippen LogP contribution in [0.1, 0.15) is 0 Å². The van der Waals surface area contributed by atoms with Crippen molar-refractivity contribution in [2.45, 2.75) is 4.34 Å². The molecular formula is C16H10F2N4O3S2. The number of sulfonamides is 1. The van der Waals surface area contributed by atoms with Gasteiger partial charge in [-0.05, 0) is 36.4 Å². The lowest BCUT2D eigenvalue weighted by Crippen LogP contribution is -2.12. The van der Waals surface area contributed by atoms with Gasteiger partial charge in [0, 0.05) is 11.6 Å². The topological polar surface area (TPSA) is 99.6 Å². The van der Waals surface area contributed by atoms with Crippen molar-refractivity contribution in [1.29, 1.82) is 0 Å². The molecule has 0 unspecified atom stereocenters. The van der Waals surface area contributed by atoms with Gasteiger partial charge in [0.25, 0.3) is 10.0 Å². The Morgan fingerprint density at radius 1 is 1.04 bits per heavy atom. The molecule has 11 heteroatoms. The zero-order valence-corrected chi connectivity index (χ0v) is 15.0. The Labute approximate surface area is 155 Å². The van der Waals surface area contributed by atoms with Crippen molar-refractivity contribution in [3.05, 3.63) is 60.3 Å². The van der Waals surface area contributed by atoms with Crippen molar-refractivity contribution < 1.29 is 21.9 Å². The highest BCUT2D eigenvalue weighted by Crippen LogP contribution is 2.28. The minimum absolute atomic E-state index is 0.158. The van der Waals surface area contributed by atoms with Gasteiger partial charge < -0.3 is 4.74 Å². The zero-order valence-electron chi connectivity index (χ0n) is 13.3. The lowest BCUT2D eigenvalue weighted by atomic mass is 10.1. The van der Waals surface area contributed by atoms with E-state index < -0.39 is 21.7 Å². The number of benzene rings is 2. The molecule has 0 saturated heterocycles. The van der Waals surface area contributed by atoms with Crippen LogP contribution in [0.25, 0.3) is 16.2 Å². The smallest absolute Gasteiger partial charge is 0.267 e. The highest BCUT2D eigenvalue weighted by atomic mass is 32.2. The first-order valence-corrected chi connectivity index (χ1v) is 9.78. The van der Waals surface area contributed by atoms with Gasteiger partial charge in [-0.3, -0.25) is 0 Å². The van der Waals surface area contributed by atoms with E-state index in [4.69, 9.17) is 9.88 Å². The van der Waals surface area contributed by atoms with Crippen LogP contribution in [0.4, 0.5) is 8.78 Å². The average molecular weight is 408 g/mol. The van der Waals surface area contributed by atoms with Crippen molar-refractivity contribution in [2.75, 3.05) is 0 Å². The van der Waals surface area contributed by atoms with Gasteiger partial charge in [-0.25, -0.2) is 31.8 Å². The highest BCUT2D eigenvalue weighted by Gasteiger charge is 2.18. The summed E-state index contributed by atoms with van der Waals surface area (Å²) in [5.41, 5.74) is 1.27. The van der Waals surface area contributed by atoms with Crippen LogP contribution in [-0.4, -0.2) is 23.0 Å². The Morgan fingerprint density at radius 2 is 1.74 bits per heavy atom. The van der Waals surface area contributed by atoms with Crippen molar-refractivity contribution in [1.82, 2.24) is 14.6 Å². The largest absolute Gasteiger partial charge is 0.457 e. The first-order chi connectivity index (χ1) is 12.8. The number of fused-ring (bicyclic) bond motifs is 1. The van der Waals surface area contributed by atoms with Crippen LogP contribution in [0.15, 0.2) is 53.0 Å². The second-order valence-electron chi connectivity index (χ2n) is 5.45. The number of primary sulfonamides is 1. The summed E-state index contributed by atoms with van der Waals surface area (Å²) >= 11 is 0.864. The minimum Gasteiger partial charge on any atom is -0.457 e. The predicted molar refractivity (Wildman–Crippen MR) is 94.1 cm³/mol. The van der Waals surface area contributed by atoms with Gasteiger partial charge in [0.15, 0.2) is 11.6 Å². The molecule has 0 aliphatic rings. The maximum absolute atomic E-state index is 13.2. The van der Waals surface area contributed by atoms with Gasteiger partial charge in [0.05, 0.1) is 11.9 Å². The summed E-state index contributed by atoms with van der Waals surface area (Å²) in [5.74, 6) is -1.38. The van der Waals surface area contributed by atoms with E-state index >= 15 is 0 Å². The van der Waals surface area contributed by atoms with E-state index in [0.717, 1.165) is 23.5 Å². The molecule has 4 rings (SSSR count). The summed E-state index contributed by atoms with van der Waals surface area (Å²) in [7, 11) is -3.91. The van der Waals surface area contributed by atoms with Crippen LogP contribution < -0.4 is 9.88 Å². The summed E-state index contributed by atoms with van der Waals surface area (Å²) in [6.07, 6.45) is 1.55. The standard InChI is InChI=1S/C16H10F2N4O3S2/c17-12-6-5-11(7-13(12)18)25-10-3-1-9(2-4-10)14-8-20-15-22(14)21-16(26-15)27(19,23)24/h1-8H,(H2,19,23,24). The van der Waals surface area contributed by atoms with Crippen LogP contribution >= 0.6 is 11.3 Å². The van der Waals surface area contributed by atoms with Gasteiger partial charge in [-0.2, -0.15) is 0 Å². The molecule has 27 heavy (non-hydrogen) atoms. The first-order valence-electron chi connectivity index (χ1n) is 7.42. The number of rotatable bonds is 4. The molecule has 2 aromatic carbocycles. The fraction of sp³-hybridized carbons (Fsp3) is 0. The molecule has 7 nitrogen and oxygen atoms in total. The number of aromatic nitrogens is 3. The molecule has 0 saturated carbocycles. The molecule has 2 heterocycles. The van der Waals surface area contributed by atoms with Crippen LogP contribution in [-0.2, 0) is 10.0 Å². The molecule has 2 N–H and O–H groups in total. The summed E-state index contributed by atoms with van der Waals surface area (Å²) in [6, 6.07) is 9.91. The Kier molecular flexibility index (Phi) is 4.13. The van der Waals surface area contributed by atoms with Crippen LogP contribution in [0.2, 0.25) is 0 Å². The normalized spacial score (nSPS) is 11.8. The molecule has 0 fully saturated rings. The molecule has 0 radical (unpaired) electrons. The number of ether oxygens (including phenoxy) is 1. The van der Waals surface area contributed by atoms with Crippen molar-refractivity contribution in [2.24, 2.45) is 5.14 Å². The third-order valence-corrected chi connectivity index (χ3v) is 5.82. The summed E-state index contributed by atoms with van der Waals surface area (Å²) in [5, 5.41) is 9.07. The van der Waals surface area contributed by atoms with Gasteiger partial charge in [0.2, 0.25) is 9.30 Å². The molecular weight excluding hydrogens is 398 g/mol. The number of halogens is 2. The summed E-state index contributed by atoms with van der Waals surface area (Å²) < 4.78 is 55.7. The summed E-state index contributed by atoms with van der Waals surface area (Å²) in [4.78, 5) is 4.51. The molecule has 0 aliphatic carbocycles. The fourth-order valence-electron chi connectivity index (χ4n) is 2.36. The van der Waals surface area contributed by atoms with Crippen LogP contribution in [0.3, 0.4) is 0 Å². The maximum atomic E-state index is 13.2. The van der Waals surface area contributed by atoms with E-state index in [1.54, 1.807) is 30.5 Å². The Balaban J connectivity index is 1.63. The third kappa shape index (κ3) is 3.39. The average Bonchev–Trinajstić information content (AvgIpc) is 3.19. The van der Waals surface area contributed by atoms with Gasteiger partial charge in [0.1, 0.15) is 11.5 Å². The first kappa shape index (κ1) is 17.5. The molecule has 4 aromatic rings. The number of nitrogens with zero attached hydrogens (tertiary/aromatic N) is 3. The maximum Gasteiger partial charge on any atom is 0.267 e. The van der Waals surface area contributed by atoms with Crippen molar-refractivity contribution >= 4 is 26.3 Å². The number of hydrogen-bond donors (Lipinski definition) is 1. The predicted octanol–water partition coefficient (Wildman–Crippen LogP) is 3.18. The lowest BCUT2D eigenvalue weighted by Gasteiger charge is -2.07. The van der Waals surface area contributed by atoms with E-state index in [9.17, 15) is 17.2 Å².